The molecule has 0 spiro atoms. The molecule has 3 rings (SSSR count). The number of amides is 1. The molecule has 0 aromatic carbocycles. The molecule has 0 radical (unpaired) electrons. The maximum atomic E-state index is 10.5. The monoisotopic (exact) mass is 260 g/mol. The van der Waals surface area contributed by atoms with Gasteiger partial charge in [-0.05, 0) is 12.1 Å². The standard InChI is InChI=1S/C9H8N8O2/c18-9(19)10-4-8-14-13-7-2-1-5(15-17(7)8)6-3-11-16-12-6/h1-3,10H,4H2,(H,18,19)(H,11,12,16). The second-order valence-corrected chi connectivity index (χ2v) is 3.63. The number of carboxylic acid groups (broad SMARTS) is 1. The van der Waals surface area contributed by atoms with E-state index in [0.29, 0.717) is 22.9 Å². The highest BCUT2D eigenvalue weighted by Gasteiger charge is 2.10. The van der Waals surface area contributed by atoms with Crippen molar-refractivity contribution in [1.29, 1.82) is 0 Å². The van der Waals surface area contributed by atoms with Crippen molar-refractivity contribution in [3.8, 4) is 11.4 Å². The Morgan fingerprint density at radius 3 is 3.05 bits per heavy atom. The molecular weight excluding hydrogens is 252 g/mol. The fraction of sp³-hybridized carbons (Fsp3) is 0.111. The highest BCUT2D eigenvalue weighted by Crippen LogP contribution is 2.12. The molecule has 0 saturated carbocycles. The number of nitrogens with one attached hydrogen (secondary N) is 2. The van der Waals surface area contributed by atoms with Gasteiger partial charge in [0.2, 0.25) is 0 Å². The summed E-state index contributed by atoms with van der Waals surface area (Å²) in [4.78, 5) is 10.5. The predicted molar refractivity (Wildman–Crippen MR) is 61.0 cm³/mol. The Morgan fingerprint density at radius 1 is 1.42 bits per heavy atom. The van der Waals surface area contributed by atoms with Crippen molar-refractivity contribution in [1.82, 2.24) is 40.5 Å². The highest BCUT2D eigenvalue weighted by molar-refractivity contribution is 5.64. The third kappa shape index (κ3) is 2.06. The summed E-state index contributed by atoms with van der Waals surface area (Å²) in [5.74, 6) is 0.395. The van der Waals surface area contributed by atoms with E-state index in [-0.39, 0.29) is 6.54 Å². The predicted octanol–water partition coefficient (Wildman–Crippen LogP) is -0.323. The SMILES string of the molecule is O=C(O)NCc1nnc2ccc(-c3cnn[nH]3)nn12. The third-order valence-corrected chi connectivity index (χ3v) is 2.42. The Morgan fingerprint density at radius 2 is 2.32 bits per heavy atom. The lowest BCUT2D eigenvalue weighted by Gasteiger charge is -2.00. The van der Waals surface area contributed by atoms with E-state index in [9.17, 15) is 4.79 Å². The summed E-state index contributed by atoms with van der Waals surface area (Å²) >= 11 is 0. The Labute approximate surface area is 105 Å². The van der Waals surface area contributed by atoms with Crippen LogP contribution in [0.25, 0.3) is 17.0 Å². The van der Waals surface area contributed by atoms with Gasteiger partial charge in [-0.2, -0.15) is 9.61 Å². The minimum absolute atomic E-state index is 0.0220. The van der Waals surface area contributed by atoms with E-state index in [4.69, 9.17) is 5.11 Å². The van der Waals surface area contributed by atoms with Crippen LogP contribution in [0.4, 0.5) is 4.79 Å². The molecule has 0 fully saturated rings. The molecule has 3 aromatic rings. The Bertz CT molecular complexity index is 719. The number of carbonyl (C=O) groups is 1. The minimum atomic E-state index is -1.13. The molecule has 0 unspecified atom stereocenters. The van der Waals surface area contributed by atoms with Gasteiger partial charge in [0.05, 0.1) is 12.7 Å². The summed E-state index contributed by atoms with van der Waals surface area (Å²) in [5, 5.41) is 32.8. The van der Waals surface area contributed by atoms with Gasteiger partial charge in [0, 0.05) is 0 Å². The van der Waals surface area contributed by atoms with E-state index in [1.165, 1.54) is 10.7 Å². The van der Waals surface area contributed by atoms with Crippen LogP contribution in [0.1, 0.15) is 5.82 Å². The largest absolute Gasteiger partial charge is 0.465 e. The number of nitrogens with zero attached hydrogens (tertiary/aromatic N) is 6. The normalized spacial score (nSPS) is 10.7. The van der Waals surface area contributed by atoms with E-state index in [2.05, 4.69) is 36.0 Å². The van der Waals surface area contributed by atoms with Crippen LogP contribution in [-0.4, -0.2) is 46.4 Å². The zero-order valence-electron chi connectivity index (χ0n) is 9.48. The number of fused-ring (bicyclic) bond motifs is 1. The van der Waals surface area contributed by atoms with Gasteiger partial charge in [0.1, 0.15) is 11.4 Å². The lowest BCUT2D eigenvalue weighted by molar-refractivity contribution is 0.193. The first-order valence-electron chi connectivity index (χ1n) is 5.28. The molecule has 19 heavy (non-hydrogen) atoms. The molecule has 1 amide bonds. The lowest BCUT2D eigenvalue weighted by Crippen LogP contribution is -2.21. The van der Waals surface area contributed by atoms with Crippen molar-refractivity contribution in [2.45, 2.75) is 6.54 Å². The van der Waals surface area contributed by atoms with Gasteiger partial charge in [0.25, 0.3) is 0 Å². The van der Waals surface area contributed by atoms with Crippen molar-refractivity contribution in [3.63, 3.8) is 0 Å². The molecule has 3 aromatic heterocycles. The summed E-state index contributed by atoms with van der Waals surface area (Å²) in [6, 6.07) is 3.47. The minimum Gasteiger partial charge on any atom is -0.465 e. The molecule has 3 heterocycles. The summed E-state index contributed by atoms with van der Waals surface area (Å²) in [5.41, 5.74) is 1.78. The fourth-order valence-corrected chi connectivity index (χ4v) is 1.56. The number of hydrogen-bond donors (Lipinski definition) is 3. The van der Waals surface area contributed by atoms with Gasteiger partial charge in [0.15, 0.2) is 11.5 Å². The average Bonchev–Trinajstić information content (AvgIpc) is 3.05. The molecular formula is C9H8N8O2. The zero-order chi connectivity index (χ0) is 13.2. The average molecular weight is 260 g/mol. The van der Waals surface area contributed by atoms with Crippen molar-refractivity contribution in [2.75, 3.05) is 0 Å². The van der Waals surface area contributed by atoms with Gasteiger partial charge < -0.3 is 10.4 Å². The molecule has 96 valence electrons. The lowest BCUT2D eigenvalue weighted by atomic mass is 10.3. The van der Waals surface area contributed by atoms with Gasteiger partial charge in [-0.1, -0.05) is 5.21 Å². The van der Waals surface area contributed by atoms with E-state index in [1.54, 1.807) is 12.1 Å². The number of rotatable bonds is 3. The molecule has 10 nitrogen and oxygen atoms in total. The number of aromatic nitrogens is 7. The summed E-state index contributed by atoms with van der Waals surface area (Å²) in [6.07, 6.45) is 0.402. The van der Waals surface area contributed by atoms with Crippen LogP contribution in [0.2, 0.25) is 0 Å². The van der Waals surface area contributed by atoms with Crippen LogP contribution >= 0.6 is 0 Å². The van der Waals surface area contributed by atoms with Crippen LogP contribution in [0.15, 0.2) is 18.3 Å². The number of H-pyrrole nitrogens is 1. The molecule has 0 aliphatic heterocycles. The molecule has 10 heteroatoms. The first-order valence-corrected chi connectivity index (χ1v) is 5.28. The Hall–Kier alpha value is -3.04. The summed E-state index contributed by atoms with van der Waals surface area (Å²) in [7, 11) is 0. The first kappa shape index (κ1) is 11.1. The van der Waals surface area contributed by atoms with Gasteiger partial charge in [-0.3, -0.25) is 5.10 Å². The summed E-state index contributed by atoms with van der Waals surface area (Å²) < 4.78 is 1.46. The van der Waals surface area contributed by atoms with Gasteiger partial charge in [-0.25, -0.2) is 4.79 Å². The zero-order valence-corrected chi connectivity index (χ0v) is 9.48. The van der Waals surface area contributed by atoms with E-state index in [1.807, 2.05) is 0 Å². The maximum absolute atomic E-state index is 10.5. The molecule has 0 bridgehead atoms. The van der Waals surface area contributed by atoms with Crippen molar-refractivity contribution in [3.05, 3.63) is 24.2 Å². The van der Waals surface area contributed by atoms with Crippen LogP contribution < -0.4 is 5.32 Å². The smallest absolute Gasteiger partial charge is 0.405 e. The van der Waals surface area contributed by atoms with Crippen LogP contribution in [0.5, 0.6) is 0 Å². The van der Waals surface area contributed by atoms with Crippen molar-refractivity contribution >= 4 is 11.7 Å². The second kappa shape index (κ2) is 4.33. The van der Waals surface area contributed by atoms with Crippen molar-refractivity contribution < 1.29 is 9.90 Å². The molecule has 0 saturated heterocycles. The molecule has 0 atom stereocenters. The van der Waals surface area contributed by atoms with E-state index in [0.717, 1.165) is 0 Å². The Kier molecular flexibility index (Phi) is 2.52. The number of aromatic amines is 1. The van der Waals surface area contributed by atoms with Gasteiger partial charge in [-0.15, -0.1) is 15.3 Å². The van der Waals surface area contributed by atoms with Crippen LogP contribution in [0.3, 0.4) is 0 Å². The molecule has 3 N–H and O–H groups in total. The maximum Gasteiger partial charge on any atom is 0.405 e. The first-order chi connectivity index (χ1) is 9.24. The molecule has 0 aliphatic carbocycles. The second-order valence-electron chi connectivity index (χ2n) is 3.63. The fourth-order valence-electron chi connectivity index (χ4n) is 1.56. The van der Waals surface area contributed by atoms with Crippen LogP contribution in [-0.2, 0) is 6.54 Å². The van der Waals surface area contributed by atoms with Crippen molar-refractivity contribution in [2.24, 2.45) is 0 Å². The number of hydrogen-bond acceptors (Lipinski definition) is 6. The third-order valence-electron chi connectivity index (χ3n) is 2.42. The quantitative estimate of drug-likeness (QED) is 0.587. The topological polar surface area (TPSA) is 134 Å². The highest BCUT2D eigenvalue weighted by atomic mass is 16.4. The van der Waals surface area contributed by atoms with Gasteiger partial charge >= 0.3 is 6.09 Å². The Balaban J connectivity index is 2.00. The van der Waals surface area contributed by atoms with E-state index < -0.39 is 6.09 Å². The summed E-state index contributed by atoms with van der Waals surface area (Å²) in [6.45, 7) is 0.0220. The van der Waals surface area contributed by atoms with E-state index >= 15 is 0 Å². The molecule has 0 aliphatic rings. The van der Waals surface area contributed by atoms with Crippen LogP contribution in [0, 0.1) is 0 Å².